The second-order valence-electron chi connectivity index (χ2n) is 8.09. The third-order valence-corrected chi connectivity index (χ3v) is 5.23. The lowest BCUT2D eigenvalue weighted by Crippen LogP contribution is -2.48. The van der Waals surface area contributed by atoms with Crippen molar-refractivity contribution in [1.82, 2.24) is 10.2 Å². The second-order valence-corrected chi connectivity index (χ2v) is 8.53. The highest BCUT2D eigenvalue weighted by Gasteiger charge is 2.25. The third-order valence-electron chi connectivity index (χ3n) is 4.98. The molecule has 0 saturated heterocycles. The van der Waals surface area contributed by atoms with Crippen LogP contribution in [0, 0.1) is 5.92 Å². The maximum atomic E-state index is 13.0. The summed E-state index contributed by atoms with van der Waals surface area (Å²) < 4.78 is 10.9. The third kappa shape index (κ3) is 8.42. The lowest BCUT2D eigenvalue weighted by atomic mass is 10.1. The molecule has 6 nitrogen and oxygen atoms in total. The second kappa shape index (κ2) is 13.0. The molecule has 2 rings (SSSR count). The molecule has 0 radical (unpaired) electrons. The Kier molecular flexibility index (Phi) is 10.3. The van der Waals surface area contributed by atoms with Crippen molar-refractivity contribution < 1.29 is 19.1 Å². The first-order valence-electron chi connectivity index (χ1n) is 10.9. The minimum atomic E-state index is -0.584. The highest BCUT2D eigenvalue weighted by molar-refractivity contribution is 6.30. The van der Waals surface area contributed by atoms with E-state index in [-0.39, 0.29) is 18.2 Å². The molecular weight excluding hydrogens is 428 g/mol. The van der Waals surface area contributed by atoms with Crippen LogP contribution >= 0.6 is 11.6 Å². The molecule has 1 N–H and O–H groups in total. The normalized spacial score (nSPS) is 11.7. The first-order chi connectivity index (χ1) is 15.3. The van der Waals surface area contributed by atoms with Gasteiger partial charge < -0.3 is 19.7 Å². The van der Waals surface area contributed by atoms with Crippen molar-refractivity contribution in [3.05, 3.63) is 59.1 Å². The van der Waals surface area contributed by atoms with Crippen LogP contribution in [0.2, 0.25) is 5.02 Å². The number of hydrogen-bond donors (Lipinski definition) is 1. The van der Waals surface area contributed by atoms with Crippen molar-refractivity contribution in [3.63, 3.8) is 0 Å². The number of benzene rings is 2. The number of halogens is 1. The van der Waals surface area contributed by atoms with Crippen molar-refractivity contribution in [1.29, 1.82) is 0 Å². The molecule has 0 aliphatic heterocycles. The van der Waals surface area contributed by atoms with E-state index in [9.17, 15) is 9.59 Å². The van der Waals surface area contributed by atoms with Crippen LogP contribution in [-0.2, 0) is 16.1 Å². The van der Waals surface area contributed by atoms with Crippen LogP contribution in [0.3, 0.4) is 0 Å². The topological polar surface area (TPSA) is 67.9 Å². The van der Waals surface area contributed by atoms with E-state index in [0.717, 1.165) is 17.1 Å². The summed E-state index contributed by atoms with van der Waals surface area (Å²) in [6, 6.07) is 14.0. The highest BCUT2D eigenvalue weighted by Crippen LogP contribution is 2.18. The number of methoxy groups -OCH3 is 1. The van der Waals surface area contributed by atoms with Crippen LogP contribution in [0.1, 0.15) is 39.2 Å². The van der Waals surface area contributed by atoms with Crippen molar-refractivity contribution in [2.75, 3.05) is 20.3 Å². The molecule has 0 heterocycles. The predicted octanol–water partition coefficient (Wildman–Crippen LogP) is 4.70. The summed E-state index contributed by atoms with van der Waals surface area (Å²) in [6.45, 7) is 7.14. The molecule has 1 atom stereocenters. The quantitative estimate of drug-likeness (QED) is 0.466. The van der Waals surface area contributed by atoms with Gasteiger partial charge in [-0.15, -0.1) is 0 Å². The summed E-state index contributed by atoms with van der Waals surface area (Å²) in [4.78, 5) is 27.3. The van der Waals surface area contributed by atoms with E-state index in [0.29, 0.717) is 37.1 Å². The zero-order valence-corrected chi connectivity index (χ0v) is 20.0. The van der Waals surface area contributed by atoms with Gasteiger partial charge in [0.05, 0.1) is 13.7 Å². The summed E-state index contributed by atoms with van der Waals surface area (Å²) >= 11 is 5.98. The van der Waals surface area contributed by atoms with Gasteiger partial charge in [-0.3, -0.25) is 9.59 Å². The molecule has 0 aromatic heterocycles. The number of carbonyl (C=O) groups excluding carboxylic acids is 2. The molecule has 0 fully saturated rings. The lowest BCUT2D eigenvalue weighted by molar-refractivity contribution is -0.140. The van der Waals surface area contributed by atoms with E-state index in [1.54, 1.807) is 31.1 Å². The zero-order chi connectivity index (χ0) is 23.5. The Hall–Kier alpha value is -2.73. The Balaban J connectivity index is 1.96. The number of rotatable bonds is 12. The average molecular weight is 461 g/mol. The fourth-order valence-electron chi connectivity index (χ4n) is 3.05. The molecular formula is C25H33ClN2O4. The van der Waals surface area contributed by atoms with E-state index >= 15 is 0 Å². The van der Waals surface area contributed by atoms with Crippen LogP contribution in [0.25, 0.3) is 0 Å². The van der Waals surface area contributed by atoms with Crippen LogP contribution in [0.5, 0.6) is 11.5 Å². The van der Waals surface area contributed by atoms with Gasteiger partial charge in [0.25, 0.3) is 0 Å². The number of ether oxygens (including phenoxy) is 2. The molecule has 0 aliphatic rings. The number of hydrogen-bond acceptors (Lipinski definition) is 4. The molecule has 32 heavy (non-hydrogen) atoms. The fourth-order valence-corrected chi connectivity index (χ4v) is 3.18. The van der Waals surface area contributed by atoms with Crippen LogP contribution in [0.15, 0.2) is 48.5 Å². The maximum Gasteiger partial charge on any atom is 0.242 e. The molecule has 0 saturated carbocycles. The van der Waals surface area contributed by atoms with Crippen molar-refractivity contribution in [3.8, 4) is 11.5 Å². The predicted molar refractivity (Wildman–Crippen MR) is 127 cm³/mol. The standard InChI is InChI=1S/C25H33ClN2O4/c1-18(2)16-27-25(30)19(3)28(17-20-7-9-21(26)10-8-20)24(29)6-5-15-32-23-13-11-22(31-4)12-14-23/h7-14,18-19H,5-6,15-17H2,1-4H3,(H,27,30)/t19-/m0/s1. The minimum Gasteiger partial charge on any atom is -0.497 e. The lowest BCUT2D eigenvalue weighted by Gasteiger charge is -2.29. The maximum absolute atomic E-state index is 13.0. The Morgan fingerprint density at radius 2 is 1.62 bits per heavy atom. The molecule has 0 unspecified atom stereocenters. The summed E-state index contributed by atoms with van der Waals surface area (Å²) in [7, 11) is 1.61. The first kappa shape index (κ1) is 25.5. The molecule has 0 aliphatic carbocycles. The van der Waals surface area contributed by atoms with E-state index in [1.165, 1.54) is 0 Å². The summed E-state index contributed by atoms with van der Waals surface area (Å²) in [5.41, 5.74) is 0.917. The fraction of sp³-hybridized carbons (Fsp3) is 0.440. The van der Waals surface area contributed by atoms with E-state index in [2.05, 4.69) is 5.32 Å². The molecule has 174 valence electrons. The van der Waals surface area contributed by atoms with Gasteiger partial charge in [0.15, 0.2) is 0 Å². The number of nitrogens with zero attached hydrogens (tertiary/aromatic N) is 1. The van der Waals surface area contributed by atoms with E-state index in [4.69, 9.17) is 21.1 Å². The molecule has 2 aromatic rings. The summed E-state index contributed by atoms with van der Waals surface area (Å²) in [6.07, 6.45) is 0.827. The highest BCUT2D eigenvalue weighted by atomic mass is 35.5. The van der Waals surface area contributed by atoms with E-state index < -0.39 is 6.04 Å². The van der Waals surface area contributed by atoms with Gasteiger partial charge in [-0.05, 0) is 61.2 Å². The molecule has 2 aromatic carbocycles. The van der Waals surface area contributed by atoms with Crippen molar-refractivity contribution >= 4 is 23.4 Å². The molecule has 7 heteroatoms. The van der Waals surface area contributed by atoms with Crippen LogP contribution in [-0.4, -0.2) is 43.0 Å². The van der Waals surface area contributed by atoms with Crippen LogP contribution in [0.4, 0.5) is 0 Å². The Morgan fingerprint density at radius 3 is 2.22 bits per heavy atom. The SMILES string of the molecule is COc1ccc(OCCCC(=O)N(Cc2ccc(Cl)cc2)[C@@H](C)C(=O)NCC(C)C)cc1. The van der Waals surface area contributed by atoms with Gasteiger partial charge in [0.1, 0.15) is 17.5 Å². The van der Waals surface area contributed by atoms with Crippen molar-refractivity contribution in [2.45, 2.75) is 46.2 Å². The zero-order valence-electron chi connectivity index (χ0n) is 19.3. The van der Waals surface area contributed by atoms with Crippen LogP contribution < -0.4 is 14.8 Å². The van der Waals surface area contributed by atoms with Gasteiger partial charge in [-0.2, -0.15) is 0 Å². The van der Waals surface area contributed by atoms with Gasteiger partial charge in [-0.1, -0.05) is 37.6 Å². The smallest absolute Gasteiger partial charge is 0.242 e. The monoisotopic (exact) mass is 460 g/mol. The summed E-state index contributed by atoms with van der Waals surface area (Å²) in [5.74, 6) is 1.57. The molecule has 0 bridgehead atoms. The molecule has 0 spiro atoms. The number of nitrogens with one attached hydrogen (secondary N) is 1. The Bertz CT molecular complexity index is 853. The Morgan fingerprint density at radius 1 is 1.00 bits per heavy atom. The average Bonchev–Trinajstić information content (AvgIpc) is 2.79. The van der Waals surface area contributed by atoms with Gasteiger partial charge in [0.2, 0.25) is 11.8 Å². The molecule has 2 amide bonds. The number of carbonyl (C=O) groups is 2. The van der Waals surface area contributed by atoms with E-state index in [1.807, 2.05) is 50.2 Å². The van der Waals surface area contributed by atoms with Gasteiger partial charge >= 0.3 is 0 Å². The minimum absolute atomic E-state index is 0.0922. The first-order valence-corrected chi connectivity index (χ1v) is 11.3. The number of amides is 2. The summed E-state index contributed by atoms with van der Waals surface area (Å²) in [5, 5.41) is 3.55. The van der Waals surface area contributed by atoms with Gasteiger partial charge in [0, 0.05) is 24.5 Å². The van der Waals surface area contributed by atoms with Crippen molar-refractivity contribution in [2.24, 2.45) is 5.92 Å². The largest absolute Gasteiger partial charge is 0.497 e. The Labute approximate surface area is 195 Å². The van der Waals surface area contributed by atoms with Gasteiger partial charge in [-0.25, -0.2) is 0 Å².